The van der Waals surface area contributed by atoms with E-state index in [4.69, 9.17) is 4.74 Å². The summed E-state index contributed by atoms with van der Waals surface area (Å²) in [5.74, 6) is 6.14. The van der Waals surface area contributed by atoms with Gasteiger partial charge < -0.3 is 4.74 Å². The molecule has 156 valence electrons. The fourth-order valence-corrected chi connectivity index (χ4v) is 11.8. The molecular formula is C25H32O2S2. The second kappa shape index (κ2) is 6.45. The molecule has 1 saturated heterocycles. The number of ether oxygens (including phenoxy) is 1. The van der Waals surface area contributed by atoms with Crippen LogP contribution in [0.2, 0.25) is 0 Å². The number of benzene rings is 1. The Hall–Kier alpha value is -0.610. The van der Waals surface area contributed by atoms with Crippen LogP contribution < -0.4 is 4.74 Å². The first kappa shape index (κ1) is 19.1. The van der Waals surface area contributed by atoms with Crippen molar-refractivity contribution >= 4 is 29.3 Å². The molecule has 4 fully saturated rings. The average molecular weight is 429 g/mol. The largest absolute Gasteiger partial charge is 0.497 e. The third kappa shape index (κ3) is 2.42. The maximum atomic E-state index is 13.5. The number of thioether (sulfide) groups is 2. The maximum absolute atomic E-state index is 13.5. The van der Waals surface area contributed by atoms with Crippen molar-refractivity contribution in [1.29, 1.82) is 0 Å². The maximum Gasteiger partial charge on any atom is 0.139 e. The van der Waals surface area contributed by atoms with Gasteiger partial charge in [0.2, 0.25) is 0 Å². The Balaban J connectivity index is 1.42. The molecule has 6 rings (SSSR count). The number of aryl methyl sites for hydroxylation is 1. The summed E-state index contributed by atoms with van der Waals surface area (Å²) < 4.78 is 5.93. The van der Waals surface area contributed by atoms with Gasteiger partial charge in [-0.3, -0.25) is 4.79 Å². The summed E-state index contributed by atoms with van der Waals surface area (Å²) in [5, 5.41) is 0. The van der Waals surface area contributed by atoms with Crippen molar-refractivity contribution in [3.8, 4) is 5.75 Å². The Kier molecular flexibility index (Phi) is 4.25. The van der Waals surface area contributed by atoms with Crippen molar-refractivity contribution < 1.29 is 9.53 Å². The molecule has 0 radical (unpaired) electrons. The van der Waals surface area contributed by atoms with Gasteiger partial charge in [-0.25, -0.2) is 0 Å². The molecule has 0 bridgehead atoms. The molecule has 0 amide bonds. The average Bonchev–Trinajstić information content (AvgIpc) is 3.28. The lowest BCUT2D eigenvalue weighted by atomic mass is 9.43. The van der Waals surface area contributed by atoms with E-state index in [9.17, 15) is 4.79 Å². The normalized spacial score (nSPS) is 42.1. The van der Waals surface area contributed by atoms with Gasteiger partial charge in [0, 0.05) is 23.3 Å². The Labute approximate surface area is 183 Å². The summed E-state index contributed by atoms with van der Waals surface area (Å²) in [7, 11) is 1.77. The summed E-state index contributed by atoms with van der Waals surface area (Å²) >= 11 is 4.42. The van der Waals surface area contributed by atoms with Gasteiger partial charge in [-0.2, -0.15) is 0 Å². The molecular weight excluding hydrogens is 396 g/mol. The van der Waals surface area contributed by atoms with Crippen molar-refractivity contribution in [2.75, 3.05) is 18.6 Å². The van der Waals surface area contributed by atoms with Crippen LogP contribution in [0.1, 0.15) is 68.9 Å². The highest BCUT2D eigenvalue weighted by Gasteiger charge is 2.70. The van der Waals surface area contributed by atoms with E-state index in [1.54, 1.807) is 12.7 Å². The van der Waals surface area contributed by atoms with Crippen LogP contribution in [0.4, 0.5) is 0 Å². The molecule has 0 unspecified atom stereocenters. The molecule has 0 aromatic heterocycles. The van der Waals surface area contributed by atoms with E-state index in [1.165, 1.54) is 49.2 Å². The Morgan fingerprint density at radius 1 is 1.10 bits per heavy atom. The Morgan fingerprint density at radius 2 is 1.93 bits per heavy atom. The molecule has 0 N–H and O–H groups in total. The van der Waals surface area contributed by atoms with Crippen LogP contribution in [-0.4, -0.2) is 28.5 Å². The van der Waals surface area contributed by atoms with Crippen molar-refractivity contribution in [2.45, 2.75) is 68.3 Å². The highest BCUT2D eigenvalue weighted by Crippen LogP contribution is 2.75. The number of carbonyl (C=O) groups is 1. The van der Waals surface area contributed by atoms with Crippen molar-refractivity contribution in [3.63, 3.8) is 0 Å². The van der Waals surface area contributed by atoms with Crippen molar-refractivity contribution in [1.82, 2.24) is 0 Å². The predicted octanol–water partition coefficient (Wildman–Crippen LogP) is 6.08. The zero-order valence-electron chi connectivity index (χ0n) is 17.7. The molecule has 4 heteroatoms. The standard InChI is InChI=1S/C25H32O2S2/c1-23-8-7-20-19-5-4-18(27-2)13-16(19)3-6-21(20)25(23)10-9-24(28-11-12-29-24)15-17(25)14-22(23)26/h4-5,13,17,20-21H,3,6-12,14-15H2,1-2H3/t17-,20+,21+,23+,25+/m0/s1. The van der Waals surface area contributed by atoms with Gasteiger partial charge in [0.05, 0.1) is 11.2 Å². The highest BCUT2D eigenvalue weighted by molar-refractivity contribution is 8.21. The minimum Gasteiger partial charge on any atom is -0.497 e. The first-order chi connectivity index (χ1) is 14.0. The van der Waals surface area contributed by atoms with Crippen LogP contribution in [0.3, 0.4) is 0 Å². The van der Waals surface area contributed by atoms with E-state index in [2.05, 4.69) is 48.6 Å². The van der Waals surface area contributed by atoms with Crippen LogP contribution in [0.5, 0.6) is 5.75 Å². The molecule has 3 saturated carbocycles. The van der Waals surface area contributed by atoms with E-state index in [0.717, 1.165) is 25.0 Å². The highest BCUT2D eigenvalue weighted by atomic mass is 32.2. The lowest BCUT2D eigenvalue weighted by molar-refractivity contribution is -0.142. The van der Waals surface area contributed by atoms with Gasteiger partial charge in [-0.1, -0.05) is 13.0 Å². The number of methoxy groups -OCH3 is 1. The fraction of sp³-hybridized carbons (Fsp3) is 0.720. The molecule has 4 aliphatic carbocycles. The molecule has 2 nitrogen and oxygen atoms in total. The summed E-state index contributed by atoms with van der Waals surface area (Å²) in [6, 6.07) is 6.78. The number of Topliss-reactive ketones (excluding diaryl/α,β-unsaturated/α-hetero) is 1. The predicted molar refractivity (Wildman–Crippen MR) is 122 cm³/mol. The van der Waals surface area contributed by atoms with Crippen molar-refractivity contribution in [3.05, 3.63) is 29.3 Å². The van der Waals surface area contributed by atoms with Crippen LogP contribution in [0.25, 0.3) is 0 Å². The molecule has 5 atom stereocenters. The quantitative estimate of drug-likeness (QED) is 0.542. The van der Waals surface area contributed by atoms with E-state index in [0.29, 0.717) is 27.6 Å². The minimum absolute atomic E-state index is 0.0711. The molecule has 29 heavy (non-hydrogen) atoms. The number of rotatable bonds is 1. The van der Waals surface area contributed by atoms with E-state index < -0.39 is 0 Å². The topological polar surface area (TPSA) is 26.3 Å². The molecule has 5 aliphatic rings. The third-order valence-corrected chi connectivity index (χ3v) is 13.2. The first-order valence-corrected chi connectivity index (χ1v) is 13.5. The third-order valence-electron chi connectivity index (χ3n) is 9.67. The van der Waals surface area contributed by atoms with Gasteiger partial charge in [0.25, 0.3) is 0 Å². The van der Waals surface area contributed by atoms with E-state index in [-0.39, 0.29) is 10.8 Å². The number of hydrogen-bond donors (Lipinski definition) is 0. The first-order valence-electron chi connectivity index (χ1n) is 11.5. The Morgan fingerprint density at radius 3 is 2.72 bits per heavy atom. The zero-order valence-corrected chi connectivity index (χ0v) is 19.3. The Bertz CT molecular complexity index is 860. The van der Waals surface area contributed by atoms with Gasteiger partial charge in [-0.15, -0.1) is 23.5 Å². The van der Waals surface area contributed by atoms with Crippen molar-refractivity contribution in [2.24, 2.45) is 22.7 Å². The van der Waals surface area contributed by atoms with E-state index >= 15 is 0 Å². The van der Waals surface area contributed by atoms with Gasteiger partial charge in [0.1, 0.15) is 11.5 Å². The zero-order chi connectivity index (χ0) is 19.9. The van der Waals surface area contributed by atoms with E-state index in [1.807, 2.05) is 0 Å². The second-order valence-electron chi connectivity index (χ2n) is 10.4. The van der Waals surface area contributed by atoms with Gasteiger partial charge in [-0.05, 0) is 91.4 Å². The number of fused-ring (bicyclic) bond motifs is 3. The van der Waals surface area contributed by atoms with Crippen LogP contribution in [-0.2, 0) is 11.2 Å². The SMILES string of the molecule is COc1ccc2c(c1)CC[C@@H]1[C@@H]2CC[C@]2(C)C(=O)C[C@H]3CC4(CC[C@@]312)SCCS4. The lowest BCUT2D eigenvalue weighted by Gasteiger charge is -2.62. The molecule has 1 heterocycles. The minimum atomic E-state index is -0.0711. The molecule has 1 aromatic rings. The van der Waals surface area contributed by atoms with Crippen LogP contribution >= 0.6 is 23.5 Å². The molecule has 1 aromatic carbocycles. The van der Waals surface area contributed by atoms with Gasteiger partial charge >= 0.3 is 0 Å². The fourth-order valence-electron chi connectivity index (χ4n) is 8.41. The smallest absolute Gasteiger partial charge is 0.139 e. The lowest BCUT2D eigenvalue weighted by Crippen LogP contribution is -2.56. The monoisotopic (exact) mass is 428 g/mol. The van der Waals surface area contributed by atoms with Gasteiger partial charge in [0.15, 0.2) is 0 Å². The summed E-state index contributed by atoms with van der Waals surface area (Å²) in [5.41, 5.74) is 3.25. The second-order valence-corrected chi connectivity index (χ2v) is 13.6. The molecule has 2 spiro atoms. The number of carbonyl (C=O) groups excluding carboxylic acids is 1. The number of hydrogen-bond acceptors (Lipinski definition) is 4. The summed E-state index contributed by atoms with van der Waals surface area (Å²) in [6.07, 6.45) is 9.45. The molecule has 1 aliphatic heterocycles. The number of ketones is 1. The van der Waals surface area contributed by atoms with Crippen LogP contribution in [0.15, 0.2) is 18.2 Å². The van der Waals surface area contributed by atoms with Crippen LogP contribution in [0, 0.1) is 22.7 Å². The summed E-state index contributed by atoms with van der Waals surface area (Å²) in [4.78, 5) is 13.5. The summed E-state index contributed by atoms with van der Waals surface area (Å²) in [6.45, 7) is 2.38.